The van der Waals surface area contributed by atoms with Crippen LogP contribution in [0.1, 0.15) is 34.8 Å². The van der Waals surface area contributed by atoms with Crippen molar-refractivity contribution in [2.24, 2.45) is 0 Å². The molecular formula is C15H18N2O3. The molecule has 2 rings (SSSR count). The van der Waals surface area contributed by atoms with E-state index in [1.54, 1.807) is 18.2 Å². The maximum Gasteiger partial charge on any atom is 0.255 e. The molecule has 0 saturated heterocycles. The van der Waals surface area contributed by atoms with Crippen LogP contribution in [0.3, 0.4) is 0 Å². The van der Waals surface area contributed by atoms with Crippen LogP contribution in [0.15, 0.2) is 34.7 Å². The number of methoxy groups -OCH3 is 1. The van der Waals surface area contributed by atoms with Gasteiger partial charge in [-0.3, -0.25) is 4.79 Å². The molecule has 3 N–H and O–H groups in total. The summed E-state index contributed by atoms with van der Waals surface area (Å²) in [5, 5.41) is 2.86. The maximum atomic E-state index is 12.3. The predicted molar refractivity (Wildman–Crippen MR) is 76.7 cm³/mol. The Bertz CT molecular complexity index is 619. The van der Waals surface area contributed by atoms with E-state index in [0.717, 1.165) is 5.76 Å². The van der Waals surface area contributed by atoms with E-state index in [9.17, 15) is 4.79 Å². The standard InChI is InChI=1S/C15H18N2O3/c1-9-7-8-13(20-9)10(2)17-15(18)11-5-4-6-12(16)14(11)19-3/h4-8,10H,16H2,1-3H3,(H,17,18). The predicted octanol–water partition coefficient (Wildman–Crippen LogP) is 2.67. The normalized spacial score (nSPS) is 11.9. The van der Waals surface area contributed by atoms with Crippen LogP contribution in [-0.4, -0.2) is 13.0 Å². The van der Waals surface area contributed by atoms with Crippen molar-refractivity contribution in [1.29, 1.82) is 0 Å². The van der Waals surface area contributed by atoms with Gasteiger partial charge in [0.05, 0.1) is 24.4 Å². The molecule has 1 heterocycles. The van der Waals surface area contributed by atoms with E-state index in [0.29, 0.717) is 22.8 Å². The minimum atomic E-state index is -0.254. The fourth-order valence-electron chi connectivity index (χ4n) is 1.99. The Balaban J connectivity index is 2.18. The lowest BCUT2D eigenvalue weighted by molar-refractivity contribution is 0.0932. The largest absolute Gasteiger partial charge is 0.494 e. The number of benzene rings is 1. The highest BCUT2D eigenvalue weighted by atomic mass is 16.5. The average Bonchev–Trinajstić information content (AvgIpc) is 2.85. The third-order valence-electron chi connectivity index (χ3n) is 3.03. The Morgan fingerprint density at radius 2 is 2.10 bits per heavy atom. The van der Waals surface area contributed by atoms with Gasteiger partial charge in [0.15, 0.2) is 5.75 Å². The van der Waals surface area contributed by atoms with Crippen LogP contribution in [0, 0.1) is 6.92 Å². The summed E-state index contributed by atoms with van der Waals surface area (Å²) in [4.78, 5) is 12.3. The van der Waals surface area contributed by atoms with E-state index in [1.165, 1.54) is 7.11 Å². The molecule has 0 fully saturated rings. The van der Waals surface area contributed by atoms with Crippen molar-refractivity contribution >= 4 is 11.6 Å². The van der Waals surface area contributed by atoms with Gasteiger partial charge in [-0.1, -0.05) is 6.07 Å². The first kappa shape index (κ1) is 14.0. The van der Waals surface area contributed by atoms with Gasteiger partial charge in [0, 0.05) is 0 Å². The molecule has 1 aromatic heterocycles. The van der Waals surface area contributed by atoms with Crippen LogP contribution in [0.5, 0.6) is 5.75 Å². The number of para-hydroxylation sites is 1. The van der Waals surface area contributed by atoms with Gasteiger partial charge >= 0.3 is 0 Å². The minimum Gasteiger partial charge on any atom is -0.494 e. The number of ether oxygens (including phenoxy) is 1. The molecule has 0 radical (unpaired) electrons. The number of furan rings is 1. The van der Waals surface area contributed by atoms with Crippen molar-refractivity contribution in [3.05, 3.63) is 47.4 Å². The molecule has 0 bridgehead atoms. The fourth-order valence-corrected chi connectivity index (χ4v) is 1.99. The van der Waals surface area contributed by atoms with Crippen molar-refractivity contribution in [2.45, 2.75) is 19.9 Å². The summed E-state index contributed by atoms with van der Waals surface area (Å²) in [5.74, 6) is 1.64. The number of carbonyl (C=O) groups excluding carboxylic acids is 1. The van der Waals surface area contributed by atoms with Crippen molar-refractivity contribution in [1.82, 2.24) is 5.32 Å². The van der Waals surface area contributed by atoms with Gasteiger partial charge in [0.25, 0.3) is 5.91 Å². The molecule has 0 aliphatic rings. The molecule has 0 spiro atoms. The zero-order chi connectivity index (χ0) is 14.7. The van der Waals surface area contributed by atoms with Gasteiger partial charge < -0.3 is 20.2 Å². The quantitative estimate of drug-likeness (QED) is 0.840. The zero-order valence-electron chi connectivity index (χ0n) is 11.8. The van der Waals surface area contributed by atoms with E-state index in [2.05, 4.69) is 5.32 Å². The first-order valence-corrected chi connectivity index (χ1v) is 6.32. The Morgan fingerprint density at radius 3 is 2.70 bits per heavy atom. The number of rotatable bonds is 4. The summed E-state index contributed by atoms with van der Waals surface area (Å²) < 4.78 is 10.7. The first-order valence-electron chi connectivity index (χ1n) is 6.32. The molecule has 2 aromatic rings. The lowest BCUT2D eigenvalue weighted by Gasteiger charge is -2.14. The van der Waals surface area contributed by atoms with Gasteiger partial charge in [-0.15, -0.1) is 0 Å². The third-order valence-corrected chi connectivity index (χ3v) is 3.03. The van der Waals surface area contributed by atoms with Crippen LogP contribution < -0.4 is 15.8 Å². The topological polar surface area (TPSA) is 77.5 Å². The lowest BCUT2D eigenvalue weighted by atomic mass is 10.1. The molecule has 1 atom stereocenters. The SMILES string of the molecule is COc1c(N)cccc1C(=O)NC(C)c1ccc(C)o1. The molecule has 1 aromatic carbocycles. The van der Waals surface area contributed by atoms with E-state index < -0.39 is 0 Å². The summed E-state index contributed by atoms with van der Waals surface area (Å²) >= 11 is 0. The lowest BCUT2D eigenvalue weighted by Crippen LogP contribution is -2.27. The summed E-state index contributed by atoms with van der Waals surface area (Å²) in [6, 6.07) is 8.55. The second kappa shape index (κ2) is 5.69. The van der Waals surface area contributed by atoms with E-state index in [-0.39, 0.29) is 11.9 Å². The van der Waals surface area contributed by atoms with Crippen LogP contribution >= 0.6 is 0 Å². The monoisotopic (exact) mass is 274 g/mol. The molecule has 5 nitrogen and oxygen atoms in total. The van der Waals surface area contributed by atoms with Gasteiger partial charge in [-0.2, -0.15) is 0 Å². The van der Waals surface area contributed by atoms with Gasteiger partial charge in [0.1, 0.15) is 11.5 Å². The molecular weight excluding hydrogens is 256 g/mol. The van der Waals surface area contributed by atoms with Crippen molar-refractivity contribution in [3.63, 3.8) is 0 Å². The number of anilines is 1. The minimum absolute atomic E-state index is 0.234. The molecule has 0 saturated carbocycles. The van der Waals surface area contributed by atoms with Crippen molar-refractivity contribution < 1.29 is 13.9 Å². The Kier molecular flexibility index (Phi) is 3.98. The van der Waals surface area contributed by atoms with Gasteiger partial charge in [-0.25, -0.2) is 0 Å². The second-order valence-electron chi connectivity index (χ2n) is 4.57. The third kappa shape index (κ3) is 2.77. The van der Waals surface area contributed by atoms with Crippen molar-refractivity contribution in [3.8, 4) is 5.75 Å². The molecule has 0 aliphatic carbocycles. The zero-order valence-corrected chi connectivity index (χ0v) is 11.8. The number of carbonyl (C=O) groups is 1. The summed E-state index contributed by atoms with van der Waals surface area (Å²) in [6.07, 6.45) is 0. The van der Waals surface area contributed by atoms with Crippen LogP contribution in [0.25, 0.3) is 0 Å². The van der Waals surface area contributed by atoms with E-state index in [4.69, 9.17) is 14.9 Å². The highest BCUT2D eigenvalue weighted by Crippen LogP contribution is 2.26. The first-order chi connectivity index (χ1) is 9.52. The molecule has 5 heteroatoms. The van der Waals surface area contributed by atoms with Crippen LogP contribution in [0.2, 0.25) is 0 Å². The number of hydrogen-bond donors (Lipinski definition) is 2. The average molecular weight is 274 g/mol. The Labute approximate surface area is 117 Å². The number of hydrogen-bond acceptors (Lipinski definition) is 4. The molecule has 1 amide bonds. The number of nitrogens with two attached hydrogens (primary N) is 1. The smallest absolute Gasteiger partial charge is 0.255 e. The van der Waals surface area contributed by atoms with Gasteiger partial charge in [0.2, 0.25) is 0 Å². The number of amides is 1. The number of nitrogens with one attached hydrogen (secondary N) is 1. The fraction of sp³-hybridized carbons (Fsp3) is 0.267. The second-order valence-corrected chi connectivity index (χ2v) is 4.57. The summed E-state index contributed by atoms with van der Waals surface area (Å²) in [7, 11) is 1.49. The van der Waals surface area contributed by atoms with E-state index >= 15 is 0 Å². The Morgan fingerprint density at radius 1 is 1.35 bits per heavy atom. The van der Waals surface area contributed by atoms with E-state index in [1.807, 2.05) is 26.0 Å². The highest BCUT2D eigenvalue weighted by molar-refractivity contribution is 5.98. The number of aryl methyl sites for hydroxylation is 1. The van der Waals surface area contributed by atoms with Crippen LogP contribution in [-0.2, 0) is 0 Å². The summed E-state index contributed by atoms with van der Waals surface area (Å²) in [6.45, 7) is 3.72. The molecule has 0 aliphatic heterocycles. The van der Waals surface area contributed by atoms with Crippen LogP contribution in [0.4, 0.5) is 5.69 Å². The highest BCUT2D eigenvalue weighted by Gasteiger charge is 2.18. The number of nitrogen functional groups attached to an aromatic ring is 1. The maximum absolute atomic E-state index is 12.3. The molecule has 20 heavy (non-hydrogen) atoms. The Hall–Kier alpha value is -2.43. The molecule has 106 valence electrons. The molecule has 1 unspecified atom stereocenters. The van der Waals surface area contributed by atoms with Gasteiger partial charge in [-0.05, 0) is 38.1 Å². The summed E-state index contributed by atoms with van der Waals surface area (Å²) in [5.41, 5.74) is 6.63. The van der Waals surface area contributed by atoms with Crippen molar-refractivity contribution in [2.75, 3.05) is 12.8 Å².